The number of pyridine rings is 1. The van der Waals surface area contributed by atoms with Crippen molar-refractivity contribution < 1.29 is 9.59 Å². The molecule has 0 saturated carbocycles. The van der Waals surface area contributed by atoms with Crippen LogP contribution in [0.2, 0.25) is 0 Å². The van der Waals surface area contributed by atoms with Crippen LogP contribution in [0, 0.1) is 6.92 Å². The second-order valence-electron chi connectivity index (χ2n) is 5.33. The Morgan fingerprint density at radius 2 is 1.92 bits per heavy atom. The SMILES string of the molecule is Cc1ccc(-n2cnnc2SCC(=O)NNC(=O)c2ccccn2)cc1. The van der Waals surface area contributed by atoms with Crippen LogP contribution in [0.4, 0.5) is 0 Å². The van der Waals surface area contributed by atoms with Crippen molar-refractivity contribution in [1.82, 2.24) is 30.6 Å². The van der Waals surface area contributed by atoms with Gasteiger partial charge in [-0.1, -0.05) is 35.5 Å². The van der Waals surface area contributed by atoms with E-state index < -0.39 is 5.91 Å². The van der Waals surface area contributed by atoms with Gasteiger partial charge in [0.15, 0.2) is 5.16 Å². The minimum Gasteiger partial charge on any atom is -0.277 e. The standard InChI is InChI=1S/C17H16N6O2S/c1-12-5-7-13(8-6-12)23-11-19-22-17(23)26-10-15(24)20-21-16(25)14-4-2-3-9-18-14/h2-9,11H,10H2,1H3,(H,20,24)(H,21,25). The second kappa shape index (κ2) is 8.26. The Morgan fingerprint density at radius 1 is 1.12 bits per heavy atom. The summed E-state index contributed by atoms with van der Waals surface area (Å²) in [6.07, 6.45) is 3.10. The van der Waals surface area contributed by atoms with Crippen molar-refractivity contribution in [3.63, 3.8) is 0 Å². The van der Waals surface area contributed by atoms with E-state index >= 15 is 0 Å². The van der Waals surface area contributed by atoms with Gasteiger partial charge in [0.25, 0.3) is 5.91 Å². The average molecular weight is 368 g/mol. The monoisotopic (exact) mass is 368 g/mol. The first kappa shape index (κ1) is 17.6. The molecule has 9 heteroatoms. The summed E-state index contributed by atoms with van der Waals surface area (Å²) in [6, 6.07) is 12.8. The lowest BCUT2D eigenvalue weighted by molar-refractivity contribution is -0.119. The largest absolute Gasteiger partial charge is 0.288 e. The molecule has 2 amide bonds. The van der Waals surface area contributed by atoms with Crippen LogP contribution in [-0.2, 0) is 4.79 Å². The Labute approximate surface area is 154 Å². The minimum atomic E-state index is -0.480. The summed E-state index contributed by atoms with van der Waals surface area (Å²) in [5.74, 6) is -0.767. The molecule has 3 aromatic rings. The van der Waals surface area contributed by atoms with Crippen LogP contribution in [0.25, 0.3) is 5.69 Å². The van der Waals surface area contributed by atoms with Crippen LogP contribution in [0.5, 0.6) is 0 Å². The van der Waals surface area contributed by atoms with Crippen molar-refractivity contribution >= 4 is 23.6 Å². The molecule has 0 unspecified atom stereocenters. The summed E-state index contributed by atoms with van der Waals surface area (Å²) in [7, 11) is 0. The van der Waals surface area contributed by atoms with Gasteiger partial charge in [0.2, 0.25) is 5.91 Å². The molecular formula is C17H16N6O2S. The molecule has 0 fully saturated rings. The number of benzene rings is 1. The Kier molecular flexibility index (Phi) is 5.59. The molecule has 0 bridgehead atoms. The zero-order valence-corrected chi connectivity index (χ0v) is 14.7. The van der Waals surface area contributed by atoms with Gasteiger partial charge < -0.3 is 0 Å². The summed E-state index contributed by atoms with van der Waals surface area (Å²) in [6.45, 7) is 2.01. The number of nitrogens with one attached hydrogen (secondary N) is 2. The summed E-state index contributed by atoms with van der Waals surface area (Å²) >= 11 is 1.22. The lowest BCUT2D eigenvalue weighted by Gasteiger charge is -2.08. The van der Waals surface area contributed by atoms with Crippen LogP contribution in [0.15, 0.2) is 60.1 Å². The topological polar surface area (TPSA) is 102 Å². The summed E-state index contributed by atoms with van der Waals surface area (Å²) < 4.78 is 1.80. The van der Waals surface area contributed by atoms with E-state index in [0.29, 0.717) is 5.16 Å². The van der Waals surface area contributed by atoms with Crippen molar-refractivity contribution in [3.8, 4) is 5.69 Å². The summed E-state index contributed by atoms with van der Waals surface area (Å²) in [5, 5.41) is 8.51. The Morgan fingerprint density at radius 3 is 2.65 bits per heavy atom. The number of thioether (sulfide) groups is 1. The number of nitrogens with zero attached hydrogens (tertiary/aromatic N) is 4. The molecular weight excluding hydrogens is 352 g/mol. The van der Waals surface area contributed by atoms with Gasteiger partial charge in [0, 0.05) is 11.9 Å². The fourth-order valence-electron chi connectivity index (χ4n) is 2.06. The highest BCUT2D eigenvalue weighted by atomic mass is 32.2. The van der Waals surface area contributed by atoms with E-state index in [2.05, 4.69) is 26.0 Å². The highest BCUT2D eigenvalue weighted by Crippen LogP contribution is 2.19. The van der Waals surface area contributed by atoms with Crippen LogP contribution in [-0.4, -0.2) is 37.3 Å². The fraction of sp³-hybridized carbons (Fsp3) is 0.118. The first-order valence-electron chi connectivity index (χ1n) is 7.73. The maximum Gasteiger partial charge on any atom is 0.288 e. The molecule has 0 aliphatic carbocycles. The number of rotatable bonds is 5. The highest BCUT2D eigenvalue weighted by molar-refractivity contribution is 7.99. The molecule has 0 spiro atoms. The van der Waals surface area contributed by atoms with Gasteiger partial charge in [-0.3, -0.25) is 30.0 Å². The molecule has 0 aliphatic rings. The number of hydrazine groups is 1. The van der Waals surface area contributed by atoms with Crippen molar-refractivity contribution in [1.29, 1.82) is 0 Å². The molecule has 2 N–H and O–H groups in total. The van der Waals surface area contributed by atoms with E-state index in [1.807, 2.05) is 31.2 Å². The smallest absolute Gasteiger partial charge is 0.277 e. The van der Waals surface area contributed by atoms with Gasteiger partial charge >= 0.3 is 0 Å². The minimum absolute atomic E-state index is 0.0764. The number of hydrogen-bond acceptors (Lipinski definition) is 6. The van der Waals surface area contributed by atoms with Gasteiger partial charge in [-0.25, -0.2) is 0 Å². The second-order valence-corrected chi connectivity index (χ2v) is 6.27. The van der Waals surface area contributed by atoms with E-state index in [1.54, 1.807) is 29.1 Å². The van der Waals surface area contributed by atoms with Crippen molar-refractivity contribution in [2.24, 2.45) is 0 Å². The van der Waals surface area contributed by atoms with E-state index in [9.17, 15) is 9.59 Å². The van der Waals surface area contributed by atoms with Gasteiger partial charge in [-0.2, -0.15) is 0 Å². The molecule has 0 saturated heterocycles. The van der Waals surface area contributed by atoms with E-state index in [-0.39, 0.29) is 17.4 Å². The van der Waals surface area contributed by atoms with Gasteiger partial charge in [-0.15, -0.1) is 10.2 Å². The first-order valence-corrected chi connectivity index (χ1v) is 8.72. The molecule has 26 heavy (non-hydrogen) atoms. The molecule has 2 aromatic heterocycles. The number of hydrogen-bond donors (Lipinski definition) is 2. The highest BCUT2D eigenvalue weighted by Gasteiger charge is 2.11. The Bertz CT molecular complexity index is 895. The average Bonchev–Trinajstić information content (AvgIpc) is 3.14. The summed E-state index contributed by atoms with van der Waals surface area (Å²) in [5.41, 5.74) is 6.96. The predicted octanol–water partition coefficient (Wildman–Crippen LogP) is 1.52. The van der Waals surface area contributed by atoms with E-state index in [0.717, 1.165) is 11.3 Å². The molecule has 0 atom stereocenters. The third-order valence-electron chi connectivity index (χ3n) is 3.37. The normalized spacial score (nSPS) is 10.3. The zero-order chi connectivity index (χ0) is 18.4. The molecule has 0 radical (unpaired) electrons. The van der Waals surface area contributed by atoms with Gasteiger partial charge in [0.1, 0.15) is 12.0 Å². The number of amides is 2. The van der Waals surface area contributed by atoms with Crippen LogP contribution >= 0.6 is 11.8 Å². The fourth-order valence-corrected chi connectivity index (χ4v) is 2.79. The lowest BCUT2D eigenvalue weighted by Crippen LogP contribution is -2.42. The van der Waals surface area contributed by atoms with Gasteiger partial charge in [0.05, 0.1) is 5.75 Å². The first-order chi connectivity index (χ1) is 12.6. The van der Waals surface area contributed by atoms with Crippen LogP contribution in [0.3, 0.4) is 0 Å². The predicted molar refractivity (Wildman–Crippen MR) is 96.7 cm³/mol. The van der Waals surface area contributed by atoms with Crippen molar-refractivity contribution in [2.75, 3.05) is 5.75 Å². The molecule has 0 aliphatic heterocycles. The number of aromatic nitrogens is 4. The zero-order valence-electron chi connectivity index (χ0n) is 13.9. The van der Waals surface area contributed by atoms with Crippen LogP contribution in [0.1, 0.15) is 16.1 Å². The lowest BCUT2D eigenvalue weighted by atomic mass is 10.2. The quantitative estimate of drug-likeness (QED) is 0.523. The number of carbonyl (C=O) groups is 2. The van der Waals surface area contributed by atoms with Crippen LogP contribution < -0.4 is 10.9 Å². The van der Waals surface area contributed by atoms with E-state index in [1.165, 1.54) is 18.0 Å². The Balaban J connectivity index is 1.53. The molecule has 2 heterocycles. The third kappa shape index (κ3) is 4.45. The maximum atomic E-state index is 11.9. The van der Waals surface area contributed by atoms with E-state index in [4.69, 9.17) is 0 Å². The van der Waals surface area contributed by atoms with Crippen molar-refractivity contribution in [3.05, 3.63) is 66.2 Å². The third-order valence-corrected chi connectivity index (χ3v) is 4.32. The van der Waals surface area contributed by atoms with Gasteiger partial charge in [-0.05, 0) is 31.2 Å². The Hall–Kier alpha value is -3.20. The molecule has 8 nitrogen and oxygen atoms in total. The molecule has 132 valence electrons. The number of carbonyl (C=O) groups excluding carboxylic acids is 2. The number of aryl methyl sites for hydroxylation is 1. The molecule has 1 aromatic carbocycles. The van der Waals surface area contributed by atoms with Crippen molar-refractivity contribution in [2.45, 2.75) is 12.1 Å². The summed E-state index contributed by atoms with van der Waals surface area (Å²) in [4.78, 5) is 27.7. The maximum absolute atomic E-state index is 11.9. The molecule has 3 rings (SSSR count).